The molecule has 1 saturated heterocycles. The van der Waals surface area contributed by atoms with Gasteiger partial charge in [-0.2, -0.15) is 5.26 Å². The van der Waals surface area contributed by atoms with Crippen molar-refractivity contribution in [1.29, 1.82) is 5.26 Å². The Morgan fingerprint density at radius 2 is 1.86 bits per heavy atom. The van der Waals surface area contributed by atoms with Gasteiger partial charge in [-0.1, -0.05) is 50.2 Å². The zero-order chi connectivity index (χ0) is 25.8. The number of likely N-dealkylation sites (tertiary alicyclic amines) is 1. The number of benzene rings is 2. The topological polar surface area (TPSA) is 136 Å². The maximum absolute atomic E-state index is 12.9. The summed E-state index contributed by atoms with van der Waals surface area (Å²) in [5, 5.41) is 19.2. The van der Waals surface area contributed by atoms with Crippen LogP contribution in [0.4, 0.5) is 0 Å². The molecule has 1 fully saturated rings. The van der Waals surface area contributed by atoms with E-state index in [2.05, 4.69) is 6.07 Å². The maximum atomic E-state index is 12.9. The van der Waals surface area contributed by atoms with Crippen LogP contribution >= 0.6 is 0 Å². The molecule has 3 rings (SSSR count). The normalized spacial score (nSPS) is 16.1. The van der Waals surface area contributed by atoms with Crippen molar-refractivity contribution in [3.63, 3.8) is 0 Å². The maximum Gasteiger partial charge on any atom is 0.235 e. The molecule has 1 heterocycles. The van der Waals surface area contributed by atoms with Crippen LogP contribution in [0.15, 0.2) is 53.4 Å². The molecule has 0 saturated carbocycles. The fourth-order valence-corrected chi connectivity index (χ4v) is 5.40. The summed E-state index contributed by atoms with van der Waals surface area (Å²) >= 11 is 0. The Labute approximate surface area is 204 Å². The average Bonchev–Trinajstić information content (AvgIpc) is 3.02. The smallest absolute Gasteiger partial charge is 0.235 e. The molecule has 184 valence electrons. The Hall–Kier alpha value is -3.55. The Bertz CT molecular complexity index is 1260. The Morgan fingerprint density at radius 1 is 1.17 bits per heavy atom. The van der Waals surface area contributed by atoms with Gasteiger partial charge in [0.1, 0.15) is 0 Å². The predicted molar refractivity (Wildman–Crippen MR) is 126 cm³/mol. The van der Waals surface area contributed by atoms with E-state index in [-0.39, 0.29) is 37.1 Å². The number of sulfone groups is 1. The lowest BCUT2D eigenvalue weighted by atomic mass is 9.92. The third-order valence-electron chi connectivity index (χ3n) is 6.07. The number of carbonyl (C=O) groups is 3. The quantitative estimate of drug-likeness (QED) is 0.231. The number of hydrogen-bond donors (Lipinski definition) is 1. The molecule has 0 aliphatic carbocycles. The molecule has 0 bridgehead atoms. The first-order valence-corrected chi connectivity index (χ1v) is 12.7. The van der Waals surface area contributed by atoms with Gasteiger partial charge in [0.05, 0.1) is 41.1 Å². The minimum absolute atomic E-state index is 0.00907. The van der Waals surface area contributed by atoms with Crippen molar-refractivity contribution in [2.45, 2.75) is 44.0 Å². The van der Waals surface area contributed by atoms with Gasteiger partial charge in [-0.15, -0.1) is 0 Å². The number of hydrogen-bond acceptors (Lipinski definition) is 7. The highest BCUT2D eigenvalue weighted by Crippen LogP contribution is 2.32. The minimum atomic E-state index is -3.78. The number of carbonyl (C=O) groups excluding carboxylic acids is 3. The predicted octanol–water partition coefficient (Wildman–Crippen LogP) is 2.58. The monoisotopic (exact) mass is 497 g/mol. The number of nitrogens with zero attached hydrogens (tertiary/aromatic N) is 3. The third kappa shape index (κ3) is 5.93. The molecular weight excluding hydrogens is 470 g/mol. The van der Waals surface area contributed by atoms with E-state index < -0.39 is 38.9 Å². The second kappa shape index (κ2) is 10.4. The molecule has 1 atom stereocenters. The van der Waals surface area contributed by atoms with Crippen molar-refractivity contribution >= 4 is 28.1 Å². The molecule has 1 N–H and O–H groups in total. The highest BCUT2D eigenvalue weighted by atomic mass is 32.2. The fraction of sp³-hybridized carbons (Fsp3) is 0.360. The van der Waals surface area contributed by atoms with Crippen LogP contribution in [0.25, 0.3) is 11.1 Å². The largest absolute Gasteiger partial charge is 0.286 e. The summed E-state index contributed by atoms with van der Waals surface area (Å²) in [7, 11) is -3.78. The van der Waals surface area contributed by atoms with Crippen LogP contribution in [0.2, 0.25) is 0 Å². The highest BCUT2D eigenvalue weighted by Gasteiger charge is 2.45. The number of amides is 3. The number of rotatable bonds is 10. The van der Waals surface area contributed by atoms with E-state index in [4.69, 9.17) is 5.26 Å². The van der Waals surface area contributed by atoms with Gasteiger partial charge in [-0.05, 0) is 35.2 Å². The lowest BCUT2D eigenvalue weighted by Gasteiger charge is -2.27. The van der Waals surface area contributed by atoms with Gasteiger partial charge < -0.3 is 0 Å². The molecule has 1 unspecified atom stereocenters. The summed E-state index contributed by atoms with van der Waals surface area (Å²) in [6, 6.07) is 14.7. The molecule has 10 heteroatoms. The van der Waals surface area contributed by atoms with Crippen LogP contribution in [0.1, 0.15) is 32.3 Å². The van der Waals surface area contributed by atoms with E-state index in [0.29, 0.717) is 5.06 Å². The Morgan fingerprint density at radius 3 is 2.43 bits per heavy atom. The van der Waals surface area contributed by atoms with E-state index >= 15 is 0 Å². The summed E-state index contributed by atoms with van der Waals surface area (Å²) in [6.07, 6.45) is 0.237. The van der Waals surface area contributed by atoms with Crippen LogP contribution in [-0.4, -0.2) is 60.2 Å². The Balaban J connectivity index is 1.73. The van der Waals surface area contributed by atoms with E-state index in [9.17, 15) is 28.0 Å². The van der Waals surface area contributed by atoms with Crippen molar-refractivity contribution in [2.24, 2.45) is 5.41 Å². The van der Waals surface area contributed by atoms with E-state index in [1.807, 2.05) is 24.3 Å². The highest BCUT2D eigenvalue weighted by molar-refractivity contribution is 7.91. The molecule has 0 spiro atoms. The lowest BCUT2D eigenvalue weighted by molar-refractivity contribution is -0.165. The van der Waals surface area contributed by atoms with Gasteiger partial charge in [0, 0.05) is 6.42 Å². The minimum Gasteiger partial charge on any atom is -0.286 e. The number of imide groups is 1. The zero-order valence-electron chi connectivity index (χ0n) is 19.5. The van der Waals surface area contributed by atoms with Crippen molar-refractivity contribution < 1.29 is 28.0 Å². The second-order valence-electron chi connectivity index (χ2n) is 9.18. The summed E-state index contributed by atoms with van der Waals surface area (Å²) in [5.74, 6) is -1.26. The first kappa shape index (κ1) is 26.1. The zero-order valence-corrected chi connectivity index (χ0v) is 20.4. The van der Waals surface area contributed by atoms with E-state index in [1.54, 1.807) is 26.0 Å². The summed E-state index contributed by atoms with van der Waals surface area (Å²) in [5.41, 5.74) is 1.62. The Kier molecular flexibility index (Phi) is 7.73. The van der Waals surface area contributed by atoms with Gasteiger partial charge in [0.2, 0.25) is 18.2 Å². The molecule has 0 radical (unpaired) electrons. The first-order chi connectivity index (χ1) is 16.5. The number of nitriles is 1. The molecule has 35 heavy (non-hydrogen) atoms. The SMILES string of the molecule is CC1(C)CC(=O)N(CC(CCS(=O)(=O)c2ccc(-c3cccc(CC#N)c3)cc2)N(O)C=O)C1=O. The number of hydroxylamine groups is 2. The van der Waals surface area contributed by atoms with Gasteiger partial charge in [0.25, 0.3) is 0 Å². The molecule has 3 amide bonds. The van der Waals surface area contributed by atoms with Crippen LogP contribution in [-0.2, 0) is 30.6 Å². The molecule has 1 aliphatic rings. The van der Waals surface area contributed by atoms with Crippen LogP contribution in [0.3, 0.4) is 0 Å². The average molecular weight is 498 g/mol. The van der Waals surface area contributed by atoms with Crippen molar-refractivity contribution in [3.8, 4) is 17.2 Å². The molecule has 2 aromatic carbocycles. The first-order valence-electron chi connectivity index (χ1n) is 11.0. The van der Waals surface area contributed by atoms with Crippen LogP contribution in [0.5, 0.6) is 0 Å². The van der Waals surface area contributed by atoms with Gasteiger partial charge in [0.15, 0.2) is 9.84 Å². The molecule has 0 aromatic heterocycles. The summed E-state index contributed by atoms with van der Waals surface area (Å²) < 4.78 is 25.9. The molecule has 9 nitrogen and oxygen atoms in total. The van der Waals surface area contributed by atoms with Gasteiger partial charge >= 0.3 is 0 Å². The summed E-state index contributed by atoms with van der Waals surface area (Å²) in [4.78, 5) is 37.0. The van der Waals surface area contributed by atoms with Crippen molar-refractivity contribution in [2.75, 3.05) is 12.3 Å². The molecular formula is C25H27N3O6S. The van der Waals surface area contributed by atoms with Crippen LogP contribution < -0.4 is 0 Å². The standard InChI is InChI=1S/C25H27N3O6S/c1-25(2)15-23(30)27(24(25)31)16-21(28(32)17-29)11-13-35(33,34)22-8-6-19(7-9-22)20-5-3-4-18(14-20)10-12-26/h3-9,14,17,21,32H,10-11,13,15-16H2,1-2H3. The van der Waals surface area contributed by atoms with E-state index in [1.165, 1.54) is 12.1 Å². The summed E-state index contributed by atoms with van der Waals surface area (Å²) in [6.45, 7) is 2.98. The fourth-order valence-electron chi connectivity index (χ4n) is 4.03. The molecule has 1 aliphatic heterocycles. The van der Waals surface area contributed by atoms with Crippen molar-refractivity contribution in [3.05, 3.63) is 54.1 Å². The molecule has 2 aromatic rings. The third-order valence-corrected chi connectivity index (χ3v) is 7.83. The van der Waals surface area contributed by atoms with Gasteiger partial charge in [-0.3, -0.25) is 24.5 Å². The van der Waals surface area contributed by atoms with Crippen LogP contribution in [0, 0.1) is 16.7 Å². The lowest BCUT2D eigenvalue weighted by Crippen LogP contribution is -2.45. The second-order valence-corrected chi connectivity index (χ2v) is 11.3. The van der Waals surface area contributed by atoms with E-state index in [0.717, 1.165) is 21.6 Å². The van der Waals surface area contributed by atoms with Gasteiger partial charge in [-0.25, -0.2) is 13.5 Å². The van der Waals surface area contributed by atoms with Crippen molar-refractivity contribution in [1.82, 2.24) is 9.96 Å².